The Balaban J connectivity index is 1.91. The summed E-state index contributed by atoms with van der Waals surface area (Å²) >= 11 is 0. The van der Waals surface area contributed by atoms with E-state index >= 15 is 0 Å². The van der Waals surface area contributed by atoms with Gasteiger partial charge >= 0.3 is 5.97 Å². The second-order valence-corrected chi connectivity index (χ2v) is 4.98. The fourth-order valence-electron chi connectivity index (χ4n) is 2.66. The minimum Gasteiger partial charge on any atom is -0.478 e. The van der Waals surface area contributed by atoms with Gasteiger partial charge in [-0.05, 0) is 18.2 Å². The molecule has 5 nitrogen and oxygen atoms in total. The summed E-state index contributed by atoms with van der Waals surface area (Å²) in [7, 11) is 0. The smallest absolute Gasteiger partial charge is 0.337 e. The molecular formula is C15H18N2O3. The van der Waals surface area contributed by atoms with Gasteiger partial charge in [-0.15, -0.1) is 0 Å². The predicted octanol–water partition coefficient (Wildman–Crippen LogP) is 1.60. The SMILES string of the molecule is O=C(O)c1cc(N2CC=CC2)ccc1N1CCOCC1. The van der Waals surface area contributed by atoms with Gasteiger partial charge in [-0.3, -0.25) is 0 Å². The van der Waals surface area contributed by atoms with Crippen molar-refractivity contribution >= 4 is 17.3 Å². The number of benzene rings is 1. The van der Waals surface area contributed by atoms with E-state index in [1.807, 2.05) is 12.1 Å². The Kier molecular flexibility index (Phi) is 3.60. The molecule has 2 aliphatic rings. The van der Waals surface area contributed by atoms with Crippen LogP contribution in [0.2, 0.25) is 0 Å². The summed E-state index contributed by atoms with van der Waals surface area (Å²) in [5.41, 5.74) is 2.12. The molecule has 0 radical (unpaired) electrons. The van der Waals surface area contributed by atoms with Crippen molar-refractivity contribution in [2.24, 2.45) is 0 Å². The Bertz CT molecular complexity index is 528. The van der Waals surface area contributed by atoms with Crippen LogP contribution in [0.15, 0.2) is 30.4 Å². The van der Waals surface area contributed by atoms with Gasteiger partial charge < -0.3 is 19.6 Å². The molecule has 0 saturated carbocycles. The number of hydrogen-bond acceptors (Lipinski definition) is 4. The molecule has 20 heavy (non-hydrogen) atoms. The lowest BCUT2D eigenvalue weighted by molar-refractivity contribution is 0.0696. The molecule has 0 atom stereocenters. The third-order valence-corrected chi connectivity index (χ3v) is 3.75. The molecule has 2 aliphatic heterocycles. The highest BCUT2D eigenvalue weighted by Crippen LogP contribution is 2.28. The molecule has 2 heterocycles. The van der Waals surface area contributed by atoms with E-state index in [0.717, 1.165) is 37.6 Å². The second kappa shape index (κ2) is 5.54. The summed E-state index contributed by atoms with van der Waals surface area (Å²) in [6, 6.07) is 5.70. The first-order valence-electron chi connectivity index (χ1n) is 6.86. The zero-order valence-corrected chi connectivity index (χ0v) is 11.3. The number of nitrogens with zero attached hydrogens (tertiary/aromatic N) is 2. The number of morpholine rings is 1. The average molecular weight is 274 g/mol. The second-order valence-electron chi connectivity index (χ2n) is 4.98. The molecule has 0 unspecified atom stereocenters. The molecule has 0 bridgehead atoms. The van der Waals surface area contributed by atoms with Crippen LogP contribution in [0.4, 0.5) is 11.4 Å². The van der Waals surface area contributed by atoms with E-state index in [-0.39, 0.29) is 0 Å². The zero-order valence-electron chi connectivity index (χ0n) is 11.3. The molecular weight excluding hydrogens is 256 g/mol. The number of carbonyl (C=O) groups is 1. The molecule has 0 spiro atoms. The number of carboxylic acids is 1. The van der Waals surface area contributed by atoms with Crippen molar-refractivity contribution in [2.75, 3.05) is 49.2 Å². The topological polar surface area (TPSA) is 53.0 Å². The summed E-state index contributed by atoms with van der Waals surface area (Å²) in [5.74, 6) is -0.875. The van der Waals surface area contributed by atoms with Gasteiger partial charge in [0.2, 0.25) is 0 Å². The minimum atomic E-state index is -0.875. The Hall–Kier alpha value is -2.01. The lowest BCUT2D eigenvalue weighted by Crippen LogP contribution is -2.37. The maximum absolute atomic E-state index is 11.5. The van der Waals surface area contributed by atoms with Crippen LogP contribution in [-0.2, 0) is 4.74 Å². The minimum absolute atomic E-state index is 0.372. The van der Waals surface area contributed by atoms with Crippen molar-refractivity contribution < 1.29 is 14.6 Å². The Morgan fingerprint density at radius 1 is 1.10 bits per heavy atom. The first-order valence-corrected chi connectivity index (χ1v) is 6.86. The molecule has 3 rings (SSSR count). The fourth-order valence-corrected chi connectivity index (χ4v) is 2.66. The number of anilines is 2. The average Bonchev–Trinajstić information content (AvgIpc) is 3.02. The summed E-state index contributed by atoms with van der Waals surface area (Å²) in [4.78, 5) is 15.8. The fraction of sp³-hybridized carbons (Fsp3) is 0.400. The van der Waals surface area contributed by atoms with Gasteiger partial charge in [0.05, 0.1) is 24.5 Å². The number of hydrogen-bond donors (Lipinski definition) is 1. The summed E-state index contributed by atoms with van der Waals surface area (Å²) in [6.45, 7) is 4.47. The van der Waals surface area contributed by atoms with Gasteiger partial charge in [-0.25, -0.2) is 4.79 Å². The van der Waals surface area contributed by atoms with Crippen molar-refractivity contribution in [1.29, 1.82) is 0 Å². The van der Waals surface area contributed by atoms with Crippen molar-refractivity contribution in [1.82, 2.24) is 0 Å². The quantitative estimate of drug-likeness (QED) is 0.848. The molecule has 0 aromatic heterocycles. The molecule has 1 fully saturated rings. The molecule has 1 aromatic rings. The molecule has 0 aliphatic carbocycles. The van der Waals surface area contributed by atoms with Crippen LogP contribution in [-0.4, -0.2) is 50.5 Å². The zero-order chi connectivity index (χ0) is 13.9. The standard InChI is InChI=1S/C15H18N2O3/c18-15(19)13-11-12(16-5-1-2-6-16)3-4-14(13)17-7-9-20-10-8-17/h1-4,11H,5-10H2,(H,18,19). The maximum Gasteiger partial charge on any atom is 0.337 e. The third-order valence-electron chi connectivity index (χ3n) is 3.75. The lowest BCUT2D eigenvalue weighted by Gasteiger charge is -2.30. The number of ether oxygens (including phenoxy) is 1. The van der Waals surface area contributed by atoms with Gasteiger partial charge in [0.1, 0.15) is 0 Å². The van der Waals surface area contributed by atoms with Crippen molar-refractivity contribution in [3.8, 4) is 0 Å². The largest absolute Gasteiger partial charge is 0.478 e. The molecule has 1 N–H and O–H groups in total. The van der Waals surface area contributed by atoms with Crippen molar-refractivity contribution in [3.05, 3.63) is 35.9 Å². The predicted molar refractivity (Wildman–Crippen MR) is 77.8 cm³/mol. The number of rotatable bonds is 3. The molecule has 1 saturated heterocycles. The van der Waals surface area contributed by atoms with E-state index in [0.29, 0.717) is 18.8 Å². The Labute approximate surface area is 118 Å². The van der Waals surface area contributed by atoms with Gasteiger partial charge in [0, 0.05) is 31.9 Å². The van der Waals surface area contributed by atoms with E-state index in [9.17, 15) is 9.90 Å². The normalized spacial score (nSPS) is 18.6. The van der Waals surface area contributed by atoms with E-state index < -0.39 is 5.97 Å². The van der Waals surface area contributed by atoms with E-state index in [2.05, 4.69) is 22.0 Å². The Morgan fingerprint density at radius 2 is 1.80 bits per heavy atom. The van der Waals surface area contributed by atoms with Crippen molar-refractivity contribution in [2.45, 2.75) is 0 Å². The van der Waals surface area contributed by atoms with Crippen LogP contribution in [0.5, 0.6) is 0 Å². The summed E-state index contributed by atoms with van der Waals surface area (Å²) in [6.07, 6.45) is 4.19. The highest BCUT2D eigenvalue weighted by molar-refractivity contribution is 5.96. The van der Waals surface area contributed by atoms with Crippen LogP contribution >= 0.6 is 0 Å². The highest BCUT2D eigenvalue weighted by atomic mass is 16.5. The van der Waals surface area contributed by atoms with Gasteiger partial charge in [0.25, 0.3) is 0 Å². The van der Waals surface area contributed by atoms with E-state index in [1.165, 1.54) is 0 Å². The highest BCUT2D eigenvalue weighted by Gasteiger charge is 2.20. The summed E-state index contributed by atoms with van der Waals surface area (Å²) in [5, 5.41) is 9.47. The Morgan fingerprint density at radius 3 is 2.45 bits per heavy atom. The van der Waals surface area contributed by atoms with Gasteiger partial charge in [-0.2, -0.15) is 0 Å². The van der Waals surface area contributed by atoms with Crippen LogP contribution in [0.1, 0.15) is 10.4 Å². The molecule has 5 heteroatoms. The van der Waals surface area contributed by atoms with Gasteiger partial charge in [-0.1, -0.05) is 12.2 Å². The number of carboxylic acid groups (broad SMARTS) is 1. The first-order chi connectivity index (χ1) is 9.75. The third kappa shape index (κ3) is 2.49. The molecule has 106 valence electrons. The first kappa shape index (κ1) is 13.0. The summed E-state index contributed by atoms with van der Waals surface area (Å²) < 4.78 is 5.32. The lowest BCUT2D eigenvalue weighted by atomic mass is 10.1. The monoisotopic (exact) mass is 274 g/mol. The van der Waals surface area contributed by atoms with Gasteiger partial charge in [0.15, 0.2) is 0 Å². The van der Waals surface area contributed by atoms with Crippen LogP contribution in [0.3, 0.4) is 0 Å². The van der Waals surface area contributed by atoms with E-state index in [1.54, 1.807) is 6.07 Å². The molecule has 0 amide bonds. The maximum atomic E-state index is 11.5. The van der Waals surface area contributed by atoms with Crippen LogP contribution in [0.25, 0.3) is 0 Å². The number of aromatic carboxylic acids is 1. The van der Waals surface area contributed by atoms with Crippen molar-refractivity contribution in [3.63, 3.8) is 0 Å². The van der Waals surface area contributed by atoms with E-state index in [4.69, 9.17) is 4.74 Å². The molecule has 1 aromatic carbocycles. The van der Waals surface area contributed by atoms with Crippen LogP contribution in [0, 0.1) is 0 Å². The van der Waals surface area contributed by atoms with Crippen LogP contribution < -0.4 is 9.80 Å².